The molecule has 2 aromatic carbocycles. The molecule has 2 N–H and O–H groups in total. The van der Waals surface area contributed by atoms with E-state index in [1.807, 2.05) is 12.1 Å². The van der Waals surface area contributed by atoms with Crippen LogP contribution in [0.1, 0.15) is 102 Å². The molecule has 0 spiro atoms. The molecule has 47 heavy (non-hydrogen) atoms. The van der Waals surface area contributed by atoms with E-state index in [9.17, 15) is 15.0 Å². The van der Waals surface area contributed by atoms with Crippen molar-refractivity contribution in [2.45, 2.75) is 103 Å². The molecule has 4 aliphatic carbocycles. The first kappa shape index (κ1) is 33.6. The number of amides is 1. The van der Waals surface area contributed by atoms with E-state index in [-0.39, 0.29) is 35.0 Å². The van der Waals surface area contributed by atoms with Gasteiger partial charge >= 0.3 is 0 Å². The fourth-order valence-electron chi connectivity index (χ4n) is 12.0. The Morgan fingerprint density at radius 1 is 0.872 bits per heavy atom. The first-order valence-corrected chi connectivity index (χ1v) is 19.2. The molecular formula is C41H57ClN2O3. The van der Waals surface area contributed by atoms with Crippen molar-refractivity contribution in [1.82, 2.24) is 9.80 Å². The molecule has 6 heteroatoms. The number of fused-ring (bicyclic) bond motifs is 5. The number of carbonyl (C=O) groups is 1. The number of nitrogens with zero attached hydrogens (tertiary/aromatic N) is 2. The summed E-state index contributed by atoms with van der Waals surface area (Å²) in [6.07, 6.45) is 9.92. The zero-order chi connectivity index (χ0) is 32.9. The van der Waals surface area contributed by atoms with Crippen LogP contribution in [0, 0.1) is 46.3 Å². The topological polar surface area (TPSA) is 64.0 Å². The molecule has 0 bridgehead atoms. The number of benzene rings is 2. The molecule has 4 saturated carbocycles. The Balaban J connectivity index is 0.959. The average molecular weight is 661 g/mol. The lowest BCUT2D eigenvalue weighted by Crippen LogP contribution is -2.58. The van der Waals surface area contributed by atoms with E-state index in [4.69, 9.17) is 11.6 Å². The second kappa shape index (κ2) is 13.4. The lowest BCUT2D eigenvalue weighted by Gasteiger charge is -2.62. The highest BCUT2D eigenvalue weighted by Gasteiger charge is 2.63. The number of hydrogen-bond donors (Lipinski definition) is 2. The van der Waals surface area contributed by atoms with Crippen molar-refractivity contribution in [2.24, 2.45) is 46.3 Å². The summed E-state index contributed by atoms with van der Waals surface area (Å²) < 4.78 is 0. The monoisotopic (exact) mass is 660 g/mol. The van der Waals surface area contributed by atoms with Crippen LogP contribution in [0.3, 0.4) is 0 Å². The van der Waals surface area contributed by atoms with Crippen LogP contribution in [-0.4, -0.2) is 64.3 Å². The minimum absolute atomic E-state index is 0.0548. The van der Waals surface area contributed by atoms with Gasteiger partial charge in [-0.05, 0) is 127 Å². The van der Waals surface area contributed by atoms with Gasteiger partial charge in [0.2, 0.25) is 5.91 Å². The van der Waals surface area contributed by atoms with Gasteiger partial charge in [0.25, 0.3) is 0 Å². The first-order chi connectivity index (χ1) is 22.6. The number of aliphatic hydroxyl groups is 2. The summed E-state index contributed by atoms with van der Waals surface area (Å²) >= 11 is 6.23. The van der Waals surface area contributed by atoms with Crippen LogP contribution in [0.2, 0.25) is 5.02 Å². The molecule has 1 aliphatic heterocycles. The Kier molecular flexibility index (Phi) is 9.58. The Bertz CT molecular complexity index is 1380. The fraction of sp³-hybridized carbons (Fsp3) is 0.683. The normalized spacial score (nSPS) is 38.6. The van der Waals surface area contributed by atoms with Crippen LogP contribution in [0.25, 0.3) is 0 Å². The van der Waals surface area contributed by atoms with Crippen molar-refractivity contribution in [1.29, 1.82) is 0 Å². The molecule has 0 radical (unpaired) electrons. The predicted molar refractivity (Wildman–Crippen MR) is 189 cm³/mol. The third-order valence-electron chi connectivity index (χ3n) is 14.6. The van der Waals surface area contributed by atoms with Crippen LogP contribution >= 0.6 is 11.6 Å². The molecule has 256 valence electrons. The molecule has 5 nitrogen and oxygen atoms in total. The summed E-state index contributed by atoms with van der Waals surface area (Å²) in [7, 11) is 0. The van der Waals surface area contributed by atoms with Crippen molar-refractivity contribution >= 4 is 17.5 Å². The molecule has 11 atom stereocenters. The largest absolute Gasteiger partial charge is 0.393 e. The number of halogens is 1. The van der Waals surface area contributed by atoms with E-state index in [1.165, 1.54) is 36.8 Å². The molecule has 1 amide bonds. The van der Waals surface area contributed by atoms with Crippen molar-refractivity contribution in [3.05, 3.63) is 70.7 Å². The van der Waals surface area contributed by atoms with Crippen LogP contribution in [0.5, 0.6) is 0 Å². The minimum Gasteiger partial charge on any atom is -0.393 e. The highest BCUT2D eigenvalue weighted by atomic mass is 35.5. The number of rotatable bonds is 7. The fourth-order valence-corrected chi connectivity index (χ4v) is 12.1. The summed E-state index contributed by atoms with van der Waals surface area (Å²) in [6.45, 7) is 10.5. The van der Waals surface area contributed by atoms with Crippen LogP contribution < -0.4 is 0 Å². The van der Waals surface area contributed by atoms with Gasteiger partial charge in [0, 0.05) is 37.6 Å². The summed E-state index contributed by atoms with van der Waals surface area (Å²) in [5.74, 6) is 3.64. The maximum Gasteiger partial charge on any atom is 0.222 e. The minimum atomic E-state index is -0.270. The van der Waals surface area contributed by atoms with Gasteiger partial charge in [-0.2, -0.15) is 0 Å². The van der Waals surface area contributed by atoms with Gasteiger partial charge in [0.05, 0.1) is 18.2 Å². The summed E-state index contributed by atoms with van der Waals surface area (Å²) in [4.78, 5) is 18.2. The van der Waals surface area contributed by atoms with E-state index in [0.717, 1.165) is 63.3 Å². The molecule has 7 rings (SSSR count). The van der Waals surface area contributed by atoms with Gasteiger partial charge in [-0.25, -0.2) is 0 Å². The molecule has 0 aromatic heterocycles. The van der Waals surface area contributed by atoms with E-state index in [0.29, 0.717) is 41.9 Å². The third-order valence-corrected chi connectivity index (χ3v) is 14.9. The van der Waals surface area contributed by atoms with Gasteiger partial charge in [0.15, 0.2) is 0 Å². The average Bonchev–Trinajstić information content (AvgIpc) is 3.45. The number of piperazine rings is 1. The van der Waals surface area contributed by atoms with Gasteiger partial charge in [-0.3, -0.25) is 9.69 Å². The molecule has 1 unspecified atom stereocenters. The van der Waals surface area contributed by atoms with Gasteiger partial charge in [-0.1, -0.05) is 74.8 Å². The highest BCUT2D eigenvalue weighted by Crippen LogP contribution is 2.68. The summed E-state index contributed by atoms with van der Waals surface area (Å²) in [5, 5.41) is 23.1. The predicted octanol–water partition coefficient (Wildman–Crippen LogP) is 7.98. The molecular weight excluding hydrogens is 604 g/mol. The zero-order valence-corrected chi connectivity index (χ0v) is 29.6. The SMILES string of the molecule is C[C@H](CCC(=O)N1CCN(C(c2ccccc2)c2ccc(Cl)cc2)CC1)[C@H]1CC[C@H]2[C@@H]3CC[C@@H]4C[C@H](O)CC[C@]4(C)[C@H]3C[C@H](O)[C@]12C. The van der Waals surface area contributed by atoms with E-state index >= 15 is 0 Å². The Labute approximate surface area is 288 Å². The molecule has 1 heterocycles. The quantitative estimate of drug-likeness (QED) is 0.316. The molecule has 2 aromatic rings. The Hall–Kier alpha value is -1.92. The lowest BCUT2D eigenvalue weighted by atomic mass is 9.43. The van der Waals surface area contributed by atoms with E-state index in [1.54, 1.807) is 0 Å². The molecule has 1 saturated heterocycles. The molecule has 5 fully saturated rings. The highest BCUT2D eigenvalue weighted by molar-refractivity contribution is 6.30. The van der Waals surface area contributed by atoms with Crippen molar-refractivity contribution in [2.75, 3.05) is 26.2 Å². The van der Waals surface area contributed by atoms with Gasteiger partial charge in [-0.15, -0.1) is 0 Å². The molecule has 5 aliphatic rings. The Morgan fingerprint density at radius 2 is 1.57 bits per heavy atom. The maximum absolute atomic E-state index is 13.6. The first-order valence-electron chi connectivity index (χ1n) is 18.8. The third kappa shape index (κ3) is 6.10. The smallest absolute Gasteiger partial charge is 0.222 e. The van der Waals surface area contributed by atoms with Crippen molar-refractivity contribution in [3.8, 4) is 0 Å². The van der Waals surface area contributed by atoms with Gasteiger partial charge < -0.3 is 15.1 Å². The number of aliphatic hydroxyl groups excluding tert-OH is 2. The second-order valence-corrected chi connectivity index (χ2v) is 17.1. The van der Waals surface area contributed by atoms with E-state index < -0.39 is 0 Å². The van der Waals surface area contributed by atoms with Crippen molar-refractivity contribution in [3.63, 3.8) is 0 Å². The van der Waals surface area contributed by atoms with Crippen LogP contribution in [0.4, 0.5) is 0 Å². The van der Waals surface area contributed by atoms with Gasteiger partial charge in [0.1, 0.15) is 0 Å². The zero-order valence-electron chi connectivity index (χ0n) is 28.9. The lowest BCUT2D eigenvalue weighted by molar-refractivity contribution is -0.175. The standard InChI is InChI=1S/C41H57ClN2O3/c1-27(34-16-17-35-33-15-12-30-25-32(45)19-20-40(30,2)36(33)26-37(46)41(34,35)3)9-18-38(47)43-21-23-44(24-22-43)39(28-7-5-4-6-8-28)29-10-13-31(42)14-11-29/h4-8,10-11,13-14,27,30,32-37,39,45-46H,9,12,15-26H2,1-3H3/t27-,30-,32-,33+,34-,35+,36+,37+,39?,40+,41-/m1/s1. The second-order valence-electron chi connectivity index (χ2n) is 16.7. The summed E-state index contributed by atoms with van der Waals surface area (Å²) in [5.41, 5.74) is 2.71. The van der Waals surface area contributed by atoms with Crippen LogP contribution in [-0.2, 0) is 4.79 Å². The van der Waals surface area contributed by atoms with Crippen molar-refractivity contribution < 1.29 is 15.0 Å². The number of hydrogen-bond acceptors (Lipinski definition) is 4. The Morgan fingerprint density at radius 3 is 2.30 bits per heavy atom. The van der Waals surface area contributed by atoms with Crippen LogP contribution in [0.15, 0.2) is 54.6 Å². The number of carbonyl (C=O) groups excluding carboxylic acids is 1. The summed E-state index contributed by atoms with van der Waals surface area (Å²) in [6, 6.07) is 19.0. The van der Waals surface area contributed by atoms with E-state index in [2.05, 4.69) is 73.0 Å². The maximum atomic E-state index is 13.6.